The van der Waals surface area contributed by atoms with E-state index in [1.54, 1.807) is 24.3 Å². The number of hydrogen-bond acceptors (Lipinski definition) is 8. The Bertz CT molecular complexity index is 1270. The largest absolute Gasteiger partial charge is 0.507 e. The van der Waals surface area contributed by atoms with Crippen molar-refractivity contribution < 1.29 is 37.3 Å². The van der Waals surface area contributed by atoms with Gasteiger partial charge in [0.2, 0.25) is 10.0 Å². The second-order valence-corrected chi connectivity index (χ2v) is 10.2. The van der Waals surface area contributed by atoms with Gasteiger partial charge in [0.15, 0.2) is 0 Å². The SMILES string of the molecule is COCCN1C(=O)C(=O)/C(=C(\O)c2ccc(S(=O)(=O)N3CCOCC3)cc2)C1c1cccc(OC)c1. The number of rotatable bonds is 8. The second kappa shape index (κ2) is 10.8. The van der Waals surface area contributed by atoms with Crippen molar-refractivity contribution in [2.45, 2.75) is 10.9 Å². The topological polar surface area (TPSA) is 123 Å². The zero-order valence-electron chi connectivity index (χ0n) is 20.0. The van der Waals surface area contributed by atoms with Crippen molar-refractivity contribution in [3.63, 3.8) is 0 Å². The molecule has 2 aromatic carbocycles. The van der Waals surface area contributed by atoms with Crippen LogP contribution in [0.4, 0.5) is 0 Å². The van der Waals surface area contributed by atoms with Crippen molar-refractivity contribution in [2.75, 3.05) is 53.7 Å². The minimum Gasteiger partial charge on any atom is -0.507 e. The first-order valence-corrected chi connectivity index (χ1v) is 12.8. The molecule has 0 saturated carbocycles. The molecule has 2 fully saturated rings. The summed E-state index contributed by atoms with van der Waals surface area (Å²) in [5, 5.41) is 11.2. The predicted molar refractivity (Wildman–Crippen MR) is 130 cm³/mol. The maximum atomic E-state index is 13.1. The van der Waals surface area contributed by atoms with Crippen LogP contribution in [0.3, 0.4) is 0 Å². The van der Waals surface area contributed by atoms with E-state index in [0.29, 0.717) is 24.5 Å². The number of benzene rings is 2. The molecule has 4 rings (SSSR count). The summed E-state index contributed by atoms with van der Waals surface area (Å²) >= 11 is 0. The zero-order valence-corrected chi connectivity index (χ0v) is 20.9. The lowest BCUT2D eigenvalue weighted by Gasteiger charge is -2.26. The Hall–Kier alpha value is -3.25. The van der Waals surface area contributed by atoms with E-state index >= 15 is 0 Å². The maximum Gasteiger partial charge on any atom is 0.295 e. The predicted octanol–water partition coefficient (Wildman–Crippen LogP) is 1.78. The quantitative estimate of drug-likeness (QED) is 0.320. The number of nitrogens with zero attached hydrogens (tertiary/aromatic N) is 2. The summed E-state index contributed by atoms with van der Waals surface area (Å²) in [6.07, 6.45) is 0. The number of carbonyl (C=O) groups excluding carboxylic acids is 2. The van der Waals surface area contributed by atoms with Crippen LogP contribution in [0.2, 0.25) is 0 Å². The third-order valence-corrected chi connectivity index (χ3v) is 8.13. The minimum atomic E-state index is -3.73. The number of ketones is 1. The van der Waals surface area contributed by atoms with Crippen molar-refractivity contribution in [3.05, 3.63) is 65.2 Å². The second-order valence-electron chi connectivity index (χ2n) is 8.30. The Labute approximate surface area is 209 Å². The summed E-state index contributed by atoms with van der Waals surface area (Å²) < 4.78 is 42.8. The normalized spacial score (nSPS) is 20.6. The Morgan fingerprint density at radius 3 is 2.42 bits per heavy atom. The molecule has 1 N–H and O–H groups in total. The lowest BCUT2D eigenvalue weighted by atomic mass is 9.95. The number of hydrogen-bond donors (Lipinski definition) is 1. The molecule has 11 heteroatoms. The van der Waals surface area contributed by atoms with Crippen LogP contribution in [0.25, 0.3) is 5.76 Å². The molecule has 192 valence electrons. The molecule has 1 unspecified atom stereocenters. The highest BCUT2D eigenvalue weighted by atomic mass is 32.2. The van der Waals surface area contributed by atoms with Crippen molar-refractivity contribution in [3.8, 4) is 5.75 Å². The van der Waals surface area contributed by atoms with Gasteiger partial charge in [-0.3, -0.25) is 9.59 Å². The van der Waals surface area contributed by atoms with Gasteiger partial charge < -0.3 is 24.2 Å². The van der Waals surface area contributed by atoms with Crippen LogP contribution in [0.5, 0.6) is 5.75 Å². The first-order valence-electron chi connectivity index (χ1n) is 11.4. The number of aliphatic hydroxyl groups is 1. The molecule has 2 aromatic rings. The van der Waals surface area contributed by atoms with Gasteiger partial charge in [-0.1, -0.05) is 12.1 Å². The summed E-state index contributed by atoms with van der Waals surface area (Å²) in [4.78, 5) is 27.4. The Morgan fingerprint density at radius 1 is 1.08 bits per heavy atom. The van der Waals surface area contributed by atoms with Crippen LogP contribution in [-0.4, -0.2) is 88.1 Å². The van der Waals surface area contributed by atoms with Crippen LogP contribution >= 0.6 is 0 Å². The summed E-state index contributed by atoms with van der Waals surface area (Å²) in [7, 11) is -0.728. The Balaban J connectivity index is 1.74. The third kappa shape index (κ3) is 4.87. The van der Waals surface area contributed by atoms with Crippen LogP contribution in [0.15, 0.2) is 59.0 Å². The lowest BCUT2D eigenvalue weighted by molar-refractivity contribution is -0.140. The number of amides is 1. The summed E-state index contributed by atoms with van der Waals surface area (Å²) in [6.45, 7) is 1.50. The standard InChI is InChI=1S/C25H28N2O8S/c1-33-13-12-27-22(18-4-3-5-19(16-18)34-2)21(24(29)25(27)30)23(28)17-6-8-20(9-7-17)36(31,32)26-10-14-35-15-11-26/h3-9,16,22,28H,10-15H2,1-2H3/b23-21-. The lowest BCUT2D eigenvalue weighted by Crippen LogP contribution is -2.40. The van der Waals surface area contributed by atoms with E-state index in [-0.39, 0.29) is 42.3 Å². The number of aliphatic hydroxyl groups excluding tert-OH is 1. The fraction of sp³-hybridized carbons (Fsp3) is 0.360. The molecular weight excluding hydrogens is 488 g/mol. The molecular formula is C25H28N2O8S. The van der Waals surface area contributed by atoms with Crippen molar-refractivity contribution in [2.24, 2.45) is 0 Å². The van der Waals surface area contributed by atoms with E-state index in [2.05, 4.69) is 0 Å². The zero-order chi connectivity index (χ0) is 25.9. The van der Waals surface area contributed by atoms with E-state index in [4.69, 9.17) is 14.2 Å². The number of ether oxygens (including phenoxy) is 3. The van der Waals surface area contributed by atoms with Crippen LogP contribution in [0, 0.1) is 0 Å². The highest BCUT2D eigenvalue weighted by Crippen LogP contribution is 2.40. The van der Waals surface area contributed by atoms with Gasteiger partial charge >= 0.3 is 0 Å². The average molecular weight is 517 g/mol. The molecule has 1 amide bonds. The molecule has 2 aliphatic heterocycles. The van der Waals surface area contributed by atoms with Gasteiger partial charge in [0.1, 0.15) is 11.5 Å². The highest BCUT2D eigenvalue weighted by Gasteiger charge is 2.46. The molecule has 1 atom stereocenters. The van der Waals surface area contributed by atoms with Gasteiger partial charge in [-0.05, 0) is 42.0 Å². The van der Waals surface area contributed by atoms with Crippen LogP contribution in [-0.2, 0) is 29.1 Å². The number of Topliss-reactive ketones (excluding diaryl/α,β-unsaturated/α-hetero) is 1. The first-order chi connectivity index (χ1) is 17.3. The molecule has 0 bridgehead atoms. The van der Waals surface area contributed by atoms with E-state index in [1.165, 1.54) is 47.7 Å². The van der Waals surface area contributed by atoms with Gasteiger partial charge in [-0.2, -0.15) is 4.31 Å². The average Bonchev–Trinajstić information content (AvgIpc) is 3.17. The van der Waals surface area contributed by atoms with Crippen molar-refractivity contribution >= 4 is 27.5 Å². The summed E-state index contributed by atoms with van der Waals surface area (Å²) in [5.74, 6) is -1.45. The van der Waals surface area contributed by atoms with Gasteiger partial charge in [0, 0.05) is 32.3 Å². The smallest absolute Gasteiger partial charge is 0.295 e. The molecule has 10 nitrogen and oxygen atoms in total. The van der Waals surface area contributed by atoms with Crippen LogP contribution in [0.1, 0.15) is 17.2 Å². The number of methoxy groups -OCH3 is 2. The van der Waals surface area contributed by atoms with Crippen LogP contribution < -0.4 is 4.74 Å². The first kappa shape index (κ1) is 25.8. The van der Waals surface area contributed by atoms with Gasteiger partial charge in [-0.15, -0.1) is 0 Å². The summed E-state index contributed by atoms with van der Waals surface area (Å²) in [6, 6.07) is 11.6. The molecule has 0 aliphatic carbocycles. The molecule has 2 aliphatic rings. The fourth-order valence-corrected chi connectivity index (χ4v) is 5.74. The van der Waals surface area contributed by atoms with E-state index in [1.807, 2.05) is 0 Å². The summed E-state index contributed by atoms with van der Waals surface area (Å²) in [5.41, 5.74) is 0.708. The number of sulfonamides is 1. The monoisotopic (exact) mass is 516 g/mol. The van der Waals surface area contributed by atoms with Crippen molar-refractivity contribution in [1.82, 2.24) is 9.21 Å². The third-order valence-electron chi connectivity index (χ3n) is 6.22. The minimum absolute atomic E-state index is 0.0610. The van der Waals surface area contributed by atoms with E-state index in [0.717, 1.165) is 0 Å². The Morgan fingerprint density at radius 2 is 1.78 bits per heavy atom. The highest BCUT2D eigenvalue weighted by molar-refractivity contribution is 7.89. The fourth-order valence-electron chi connectivity index (χ4n) is 4.33. The van der Waals surface area contributed by atoms with Gasteiger partial charge in [0.05, 0.1) is 43.4 Å². The van der Waals surface area contributed by atoms with Gasteiger partial charge in [-0.25, -0.2) is 8.42 Å². The molecule has 36 heavy (non-hydrogen) atoms. The maximum absolute atomic E-state index is 13.1. The molecule has 2 saturated heterocycles. The molecule has 2 heterocycles. The van der Waals surface area contributed by atoms with Gasteiger partial charge in [0.25, 0.3) is 11.7 Å². The number of likely N-dealkylation sites (tertiary alicyclic amines) is 1. The molecule has 0 spiro atoms. The van der Waals surface area contributed by atoms with Crippen molar-refractivity contribution in [1.29, 1.82) is 0 Å². The van der Waals surface area contributed by atoms with E-state index in [9.17, 15) is 23.1 Å². The Kier molecular flexibility index (Phi) is 7.74. The number of morpholine rings is 1. The number of carbonyl (C=O) groups is 2. The molecule has 0 aromatic heterocycles. The van der Waals surface area contributed by atoms with E-state index < -0.39 is 33.5 Å². The molecule has 0 radical (unpaired) electrons.